The molecule has 0 radical (unpaired) electrons. The number of ether oxygens (including phenoxy) is 1. The number of hydrogen-bond acceptors (Lipinski definition) is 5. The normalized spacial score (nSPS) is 12.8. The molecule has 0 saturated heterocycles. The molecule has 6 nitrogen and oxygen atoms in total. The number of carbonyl (C=O) groups excluding carboxylic acids is 1. The number of alkyl halides is 3. The van der Waals surface area contributed by atoms with E-state index in [-0.39, 0.29) is 27.7 Å². The average molecular weight is 386 g/mol. The number of sulfonamides is 1. The highest BCUT2D eigenvalue weighted by atomic mass is 32.2. The van der Waals surface area contributed by atoms with Gasteiger partial charge in [0.05, 0.1) is 0 Å². The molecule has 0 aromatic heterocycles. The molecular weight excluding hydrogens is 375 g/mol. The summed E-state index contributed by atoms with van der Waals surface area (Å²) in [6, 6.07) is 8.01. The van der Waals surface area contributed by atoms with Crippen LogP contribution in [-0.2, 0) is 14.8 Å². The highest BCUT2D eigenvalue weighted by Gasteiger charge is 2.45. The van der Waals surface area contributed by atoms with Gasteiger partial charge in [-0.15, -0.1) is 0 Å². The van der Waals surface area contributed by atoms with E-state index in [2.05, 4.69) is 11.0 Å². The molecule has 2 rings (SSSR count). The molecule has 0 fully saturated rings. The lowest BCUT2D eigenvalue weighted by atomic mass is 10.0. The molecule has 0 aliphatic rings. The standard InChI is InChI=1S/C16H12F3NO5S/c1-9(2)15(22)25-13-8-7-12(10-5-3-4-6-11(10)13)14(21)20-26(23,24)16(17,18)19/h3-8H,1H2,2H3,(H,20,21)/p-1. The van der Waals surface area contributed by atoms with Gasteiger partial charge < -0.3 is 9.84 Å². The van der Waals surface area contributed by atoms with Crippen LogP contribution in [0.4, 0.5) is 13.2 Å². The van der Waals surface area contributed by atoms with Crippen LogP contribution in [0.3, 0.4) is 0 Å². The lowest BCUT2D eigenvalue weighted by Gasteiger charge is -2.16. The van der Waals surface area contributed by atoms with Crippen molar-refractivity contribution in [1.82, 2.24) is 0 Å². The molecule has 0 bridgehead atoms. The predicted molar refractivity (Wildman–Crippen MR) is 85.9 cm³/mol. The van der Waals surface area contributed by atoms with Crippen molar-refractivity contribution >= 4 is 32.7 Å². The molecule has 0 aliphatic heterocycles. The summed E-state index contributed by atoms with van der Waals surface area (Å²) in [5.74, 6) is -2.29. The third-order valence-corrected chi connectivity index (χ3v) is 4.15. The van der Waals surface area contributed by atoms with Crippen LogP contribution >= 0.6 is 0 Å². The van der Waals surface area contributed by atoms with Crippen molar-refractivity contribution in [3.8, 4) is 5.75 Å². The fourth-order valence-corrected chi connectivity index (χ4v) is 2.36. The lowest BCUT2D eigenvalue weighted by Crippen LogP contribution is -2.27. The van der Waals surface area contributed by atoms with Crippen LogP contribution in [-0.4, -0.2) is 25.8 Å². The second kappa shape index (κ2) is 6.79. The van der Waals surface area contributed by atoms with E-state index in [1.807, 2.05) is 0 Å². The fourth-order valence-electron chi connectivity index (χ4n) is 1.94. The van der Waals surface area contributed by atoms with E-state index >= 15 is 0 Å². The predicted octanol–water partition coefficient (Wildman–Crippen LogP) is 2.28. The molecule has 0 atom stereocenters. The van der Waals surface area contributed by atoms with Crippen molar-refractivity contribution < 1.29 is 36.2 Å². The Hall–Kier alpha value is -2.88. The second-order valence-electron chi connectivity index (χ2n) is 5.14. The Labute approximate surface area is 146 Å². The highest BCUT2D eigenvalue weighted by molar-refractivity contribution is 7.91. The third-order valence-electron chi connectivity index (χ3n) is 3.16. The minimum atomic E-state index is -5.98. The van der Waals surface area contributed by atoms with Gasteiger partial charge in [0.1, 0.15) is 5.75 Å². The summed E-state index contributed by atoms with van der Waals surface area (Å²) in [7, 11) is -5.98. The van der Waals surface area contributed by atoms with Crippen LogP contribution in [0.5, 0.6) is 5.75 Å². The van der Waals surface area contributed by atoms with E-state index in [0.717, 1.165) is 12.1 Å². The van der Waals surface area contributed by atoms with Gasteiger partial charge >= 0.3 is 21.5 Å². The topological polar surface area (TPSA) is 95.9 Å². The largest absolute Gasteiger partial charge is 0.858 e. The molecule has 0 heterocycles. The maximum Gasteiger partial charge on any atom is 0.518 e. The summed E-state index contributed by atoms with van der Waals surface area (Å²) in [5, 5.41) is 12.3. The minimum absolute atomic E-state index is 0.0313. The molecule has 26 heavy (non-hydrogen) atoms. The van der Waals surface area contributed by atoms with E-state index in [9.17, 15) is 31.5 Å². The second-order valence-corrected chi connectivity index (χ2v) is 6.74. The number of benzene rings is 2. The smallest absolute Gasteiger partial charge is 0.518 e. The Bertz CT molecular complexity index is 1030. The molecule has 138 valence electrons. The Balaban J connectivity index is 2.61. The molecule has 0 saturated carbocycles. The summed E-state index contributed by atoms with van der Waals surface area (Å²) in [4.78, 5) is 11.7. The van der Waals surface area contributed by atoms with Gasteiger partial charge in [0.15, 0.2) is 0 Å². The number of fused-ring (bicyclic) bond motifs is 1. The zero-order valence-electron chi connectivity index (χ0n) is 13.2. The van der Waals surface area contributed by atoms with E-state index in [1.54, 1.807) is 0 Å². The van der Waals surface area contributed by atoms with Gasteiger partial charge in [0.25, 0.3) is 0 Å². The van der Waals surface area contributed by atoms with Crippen LogP contribution in [0, 0.1) is 0 Å². The van der Waals surface area contributed by atoms with Gasteiger partial charge in [-0.1, -0.05) is 30.8 Å². The molecular formula is C16H11F3NO5S-. The molecule has 0 aliphatic carbocycles. The van der Waals surface area contributed by atoms with E-state index in [1.165, 1.54) is 31.2 Å². The molecule has 10 heteroatoms. The zero-order chi connectivity index (χ0) is 19.7. The maximum absolute atomic E-state index is 12.4. The van der Waals surface area contributed by atoms with Crippen LogP contribution in [0.25, 0.3) is 10.8 Å². The van der Waals surface area contributed by atoms with Crippen molar-refractivity contribution in [2.24, 2.45) is 4.40 Å². The van der Waals surface area contributed by atoms with Gasteiger partial charge in [-0.25, -0.2) is 4.79 Å². The van der Waals surface area contributed by atoms with Crippen molar-refractivity contribution in [2.45, 2.75) is 12.4 Å². The van der Waals surface area contributed by atoms with Crippen LogP contribution in [0.1, 0.15) is 12.5 Å². The summed E-state index contributed by atoms with van der Waals surface area (Å²) in [5.41, 5.74) is -5.96. The monoisotopic (exact) mass is 386 g/mol. The molecule has 0 spiro atoms. The summed E-state index contributed by atoms with van der Waals surface area (Å²) >= 11 is 0. The molecule has 0 N–H and O–H groups in total. The Morgan fingerprint density at radius 2 is 1.73 bits per heavy atom. The number of hydrogen-bond donors (Lipinski definition) is 0. The first-order valence-electron chi connectivity index (χ1n) is 6.92. The van der Waals surface area contributed by atoms with Gasteiger partial charge in [0.2, 0.25) is 0 Å². The van der Waals surface area contributed by atoms with E-state index < -0.39 is 27.4 Å². The average Bonchev–Trinajstić information content (AvgIpc) is 2.53. The zero-order valence-corrected chi connectivity index (χ0v) is 14.0. The molecule has 0 unspecified atom stereocenters. The van der Waals surface area contributed by atoms with Gasteiger partial charge in [0, 0.05) is 16.9 Å². The van der Waals surface area contributed by atoms with Crippen LogP contribution in [0.15, 0.2) is 52.9 Å². The Kier molecular flexibility index (Phi) is 5.08. The highest BCUT2D eigenvalue weighted by Crippen LogP contribution is 2.30. The number of nitrogens with zero attached hydrogens (tertiary/aromatic N) is 1. The number of rotatable bonds is 4. The minimum Gasteiger partial charge on any atom is -0.858 e. The van der Waals surface area contributed by atoms with E-state index in [0.29, 0.717) is 0 Å². The number of esters is 1. The third kappa shape index (κ3) is 3.85. The van der Waals surface area contributed by atoms with Crippen LogP contribution in [0.2, 0.25) is 0 Å². The SMILES string of the molecule is C=C(C)C(=O)Oc1ccc(C([O-])=NS(=O)(=O)C(F)(F)F)c2ccccc12. The number of carbonyl (C=O) groups is 1. The molecule has 2 aromatic carbocycles. The Morgan fingerprint density at radius 3 is 2.27 bits per heavy atom. The summed E-state index contributed by atoms with van der Waals surface area (Å²) in [6.07, 6.45) is 0. The van der Waals surface area contributed by atoms with Crippen molar-refractivity contribution in [3.63, 3.8) is 0 Å². The van der Waals surface area contributed by atoms with Crippen molar-refractivity contribution in [1.29, 1.82) is 0 Å². The van der Waals surface area contributed by atoms with E-state index in [4.69, 9.17) is 4.74 Å². The Morgan fingerprint density at radius 1 is 1.15 bits per heavy atom. The summed E-state index contributed by atoms with van der Waals surface area (Å²) < 4.78 is 66.8. The first kappa shape index (κ1) is 19.4. The van der Waals surface area contributed by atoms with Crippen molar-refractivity contribution in [2.75, 3.05) is 0 Å². The number of halogens is 3. The maximum atomic E-state index is 12.4. The van der Waals surface area contributed by atoms with Gasteiger partial charge in [-0.05, 0) is 30.0 Å². The van der Waals surface area contributed by atoms with Gasteiger partial charge in [-0.3, -0.25) is 0 Å². The quantitative estimate of drug-likeness (QED) is 0.264. The van der Waals surface area contributed by atoms with Crippen molar-refractivity contribution in [3.05, 3.63) is 54.1 Å². The lowest BCUT2D eigenvalue weighted by molar-refractivity contribution is -0.212. The van der Waals surface area contributed by atoms with Gasteiger partial charge in [-0.2, -0.15) is 26.0 Å². The van der Waals surface area contributed by atoms with Crippen LogP contribution < -0.4 is 9.84 Å². The summed E-state index contributed by atoms with van der Waals surface area (Å²) in [6.45, 7) is 4.84. The molecule has 0 amide bonds. The fraction of sp³-hybridized carbons (Fsp3) is 0.125. The molecule has 2 aromatic rings. The first-order valence-corrected chi connectivity index (χ1v) is 8.36. The first-order chi connectivity index (χ1) is 11.9.